The summed E-state index contributed by atoms with van der Waals surface area (Å²) in [6.45, 7) is 0.274. The summed E-state index contributed by atoms with van der Waals surface area (Å²) in [6, 6.07) is 17.0. The Labute approximate surface area is 184 Å². The second kappa shape index (κ2) is 7.86. The van der Waals surface area contributed by atoms with E-state index in [4.69, 9.17) is 4.42 Å². The van der Waals surface area contributed by atoms with E-state index >= 15 is 0 Å². The second-order valence-electron chi connectivity index (χ2n) is 7.54. The van der Waals surface area contributed by atoms with E-state index < -0.39 is 16.1 Å². The minimum atomic E-state index is -3.76. The monoisotopic (exact) mass is 450 g/mol. The molecule has 162 valence electrons. The maximum atomic E-state index is 13.2. The van der Waals surface area contributed by atoms with Crippen molar-refractivity contribution in [1.29, 1.82) is 0 Å². The van der Waals surface area contributed by atoms with Gasteiger partial charge in [0.15, 0.2) is 6.10 Å². The van der Waals surface area contributed by atoms with E-state index in [9.17, 15) is 18.7 Å². The number of aliphatic hydroxyl groups excluding tert-OH is 1. The van der Waals surface area contributed by atoms with E-state index in [-0.39, 0.29) is 23.7 Å². The van der Waals surface area contributed by atoms with Crippen molar-refractivity contribution < 1.29 is 27.9 Å². The molecule has 3 heterocycles. The standard InChI is InChI=1S/C23H20N3O5S/c27-22(16-4-2-1-3-5-16)21-12-18-13-25(14-19(18)15-26(21)28)32(29,30)20-8-6-17(7-9-20)23-24-10-11-31-23/h1-12,15,22,27-28H,13-14H2/q+1. The molecule has 0 radical (unpaired) electrons. The molecule has 32 heavy (non-hydrogen) atoms. The molecule has 0 saturated carbocycles. The Kier molecular flexibility index (Phi) is 5.01. The number of hydrogen-bond donors (Lipinski definition) is 2. The van der Waals surface area contributed by atoms with Gasteiger partial charge in [0.2, 0.25) is 22.1 Å². The molecule has 0 saturated heterocycles. The minimum absolute atomic E-state index is 0.126. The van der Waals surface area contributed by atoms with Crippen LogP contribution in [0.4, 0.5) is 0 Å². The Hall–Kier alpha value is -3.53. The summed E-state index contributed by atoms with van der Waals surface area (Å²) in [7, 11) is -3.76. The van der Waals surface area contributed by atoms with Crippen LogP contribution in [0.1, 0.15) is 28.5 Å². The molecule has 1 aliphatic rings. The highest BCUT2D eigenvalue weighted by molar-refractivity contribution is 7.89. The predicted octanol–water partition coefficient (Wildman–Crippen LogP) is 2.65. The minimum Gasteiger partial charge on any atom is -0.445 e. The first-order valence-electron chi connectivity index (χ1n) is 9.93. The second-order valence-corrected chi connectivity index (χ2v) is 9.48. The van der Waals surface area contributed by atoms with Crippen LogP contribution in [0.5, 0.6) is 0 Å². The molecule has 0 fully saturated rings. The van der Waals surface area contributed by atoms with Crippen molar-refractivity contribution in [2.45, 2.75) is 24.1 Å². The van der Waals surface area contributed by atoms with Crippen LogP contribution in [0.15, 0.2) is 88.6 Å². The fourth-order valence-electron chi connectivity index (χ4n) is 3.83. The van der Waals surface area contributed by atoms with Crippen molar-refractivity contribution in [3.8, 4) is 11.5 Å². The van der Waals surface area contributed by atoms with Gasteiger partial charge in [0.25, 0.3) is 5.69 Å². The summed E-state index contributed by atoms with van der Waals surface area (Å²) in [6.07, 6.45) is 3.40. The molecule has 2 aromatic heterocycles. The lowest BCUT2D eigenvalue weighted by Gasteiger charge is -2.15. The van der Waals surface area contributed by atoms with E-state index in [1.807, 2.05) is 6.07 Å². The third kappa shape index (κ3) is 3.56. The van der Waals surface area contributed by atoms with Gasteiger partial charge in [0, 0.05) is 35.0 Å². The Balaban J connectivity index is 1.41. The molecule has 8 nitrogen and oxygen atoms in total. The van der Waals surface area contributed by atoms with Gasteiger partial charge < -0.3 is 9.52 Å². The van der Waals surface area contributed by atoms with E-state index in [0.717, 1.165) is 10.3 Å². The molecule has 0 spiro atoms. The van der Waals surface area contributed by atoms with Crippen LogP contribution in [-0.4, -0.2) is 28.0 Å². The zero-order chi connectivity index (χ0) is 22.3. The summed E-state index contributed by atoms with van der Waals surface area (Å²) >= 11 is 0. The molecule has 1 atom stereocenters. The lowest BCUT2D eigenvalue weighted by molar-refractivity contribution is -0.911. The Bertz CT molecular complexity index is 1360. The maximum Gasteiger partial charge on any atom is 0.267 e. The van der Waals surface area contributed by atoms with Crippen molar-refractivity contribution in [2.75, 3.05) is 0 Å². The third-order valence-corrected chi connectivity index (χ3v) is 7.34. The Morgan fingerprint density at radius 2 is 1.75 bits per heavy atom. The number of sulfonamides is 1. The Morgan fingerprint density at radius 1 is 1.03 bits per heavy atom. The summed E-state index contributed by atoms with van der Waals surface area (Å²) < 4.78 is 33.8. The van der Waals surface area contributed by atoms with Gasteiger partial charge in [-0.25, -0.2) is 13.4 Å². The number of benzene rings is 2. The quantitative estimate of drug-likeness (QED) is 0.358. The fraction of sp³-hybridized carbons (Fsp3) is 0.130. The van der Waals surface area contributed by atoms with E-state index in [1.54, 1.807) is 42.5 Å². The van der Waals surface area contributed by atoms with Crippen molar-refractivity contribution >= 4 is 10.0 Å². The number of pyridine rings is 1. The van der Waals surface area contributed by atoms with E-state index in [1.165, 1.54) is 35.1 Å². The molecular formula is C23H20N3O5S+. The van der Waals surface area contributed by atoms with Crippen LogP contribution in [0.2, 0.25) is 0 Å². The van der Waals surface area contributed by atoms with Gasteiger partial charge in [-0.15, -0.1) is 0 Å². The number of hydrogen-bond acceptors (Lipinski definition) is 6. The lowest BCUT2D eigenvalue weighted by Crippen LogP contribution is -2.37. The van der Waals surface area contributed by atoms with Crippen LogP contribution in [0.3, 0.4) is 0 Å². The molecule has 2 aromatic carbocycles. The van der Waals surface area contributed by atoms with Crippen LogP contribution in [0.25, 0.3) is 11.5 Å². The molecule has 9 heteroatoms. The first kappa shape index (κ1) is 20.4. The van der Waals surface area contributed by atoms with Gasteiger partial charge in [-0.1, -0.05) is 30.3 Å². The van der Waals surface area contributed by atoms with Crippen LogP contribution < -0.4 is 4.73 Å². The molecule has 5 rings (SSSR count). The number of aliphatic hydroxyl groups is 1. The number of nitrogens with zero attached hydrogens (tertiary/aromatic N) is 3. The molecule has 0 amide bonds. The highest BCUT2D eigenvalue weighted by atomic mass is 32.2. The molecule has 2 N–H and O–H groups in total. The normalized spacial score (nSPS) is 14.9. The smallest absolute Gasteiger partial charge is 0.267 e. The van der Waals surface area contributed by atoms with Crippen molar-refractivity contribution in [3.63, 3.8) is 0 Å². The zero-order valence-electron chi connectivity index (χ0n) is 16.9. The summed E-state index contributed by atoms with van der Waals surface area (Å²) in [5.41, 5.74) is 2.99. The highest BCUT2D eigenvalue weighted by Crippen LogP contribution is 2.31. The number of aromatic nitrogens is 2. The first-order valence-corrected chi connectivity index (χ1v) is 11.4. The van der Waals surface area contributed by atoms with Gasteiger partial charge in [-0.2, -0.15) is 4.31 Å². The SMILES string of the molecule is O=S(=O)(c1ccc(-c2ncco2)cc1)N1Cc2cc(C(O)c3ccccc3)[n+](O)cc2C1. The van der Waals surface area contributed by atoms with Crippen LogP contribution in [0, 0.1) is 0 Å². The number of fused-ring (bicyclic) bond motifs is 1. The summed E-state index contributed by atoms with van der Waals surface area (Å²) in [5, 5.41) is 21.1. The van der Waals surface area contributed by atoms with Crippen LogP contribution >= 0.6 is 0 Å². The molecule has 0 bridgehead atoms. The highest BCUT2D eigenvalue weighted by Gasteiger charge is 2.35. The zero-order valence-corrected chi connectivity index (χ0v) is 17.7. The Morgan fingerprint density at radius 3 is 2.44 bits per heavy atom. The average Bonchev–Trinajstić information content (AvgIpc) is 3.49. The summed E-state index contributed by atoms with van der Waals surface area (Å²) in [5.74, 6) is 0.416. The third-order valence-electron chi connectivity index (χ3n) is 5.54. The number of oxazole rings is 1. The van der Waals surface area contributed by atoms with Gasteiger partial charge in [-0.3, -0.25) is 5.21 Å². The average molecular weight is 450 g/mol. The first-order chi connectivity index (χ1) is 15.4. The predicted molar refractivity (Wildman–Crippen MR) is 113 cm³/mol. The maximum absolute atomic E-state index is 13.2. The number of rotatable bonds is 5. The van der Waals surface area contributed by atoms with Gasteiger partial charge in [0.1, 0.15) is 6.26 Å². The van der Waals surface area contributed by atoms with E-state index in [0.29, 0.717) is 22.6 Å². The molecule has 4 aromatic rings. The van der Waals surface area contributed by atoms with Crippen LogP contribution in [-0.2, 0) is 23.1 Å². The van der Waals surface area contributed by atoms with E-state index in [2.05, 4.69) is 4.98 Å². The van der Waals surface area contributed by atoms with Crippen molar-refractivity contribution in [1.82, 2.24) is 9.29 Å². The molecule has 1 aliphatic heterocycles. The fourth-order valence-corrected chi connectivity index (χ4v) is 5.23. The molecule has 1 unspecified atom stereocenters. The van der Waals surface area contributed by atoms with Gasteiger partial charge >= 0.3 is 0 Å². The lowest BCUT2D eigenvalue weighted by atomic mass is 10.0. The largest absolute Gasteiger partial charge is 0.445 e. The van der Waals surface area contributed by atoms with Gasteiger partial charge in [0.05, 0.1) is 11.1 Å². The van der Waals surface area contributed by atoms with Gasteiger partial charge in [-0.05, 0) is 35.4 Å². The van der Waals surface area contributed by atoms with Crippen molar-refractivity contribution in [3.05, 3.63) is 102 Å². The molecular weight excluding hydrogens is 430 g/mol. The van der Waals surface area contributed by atoms with Crippen molar-refractivity contribution in [2.24, 2.45) is 0 Å². The molecule has 0 aliphatic carbocycles. The summed E-state index contributed by atoms with van der Waals surface area (Å²) in [4.78, 5) is 4.22. The topological polar surface area (TPSA) is 108 Å².